The second kappa shape index (κ2) is 27.1. The largest absolute Gasteiger partial charge is 2.00 e. The summed E-state index contributed by atoms with van der Waals surface area (Å²) in [7, 11) is 0. The van der Waals surface area contributed by atoms with Gasteiger partial charge in [0.05, 0.1) is 13.2 Å². The molecule has 0 aromatic rings. The third-order valence-electron chi connectivity index (χ3n) is 3.99. The van der Waals surface area contributed by atoms with Gasteiger partial charge < -0.3 is 18.8 Å². The van der Waals surface area contributed by atoms with E-state index in [4.69, 9.17) is 32.7 Å². The molecular weight excluding hydrogens is 560 g/mol. The fourth-order valence-electron chi connectivity index (χ4n) is 2.13. The first-order valence-electron chi connectivity index (χ1n) is 11.4. The van der Waals surface area contributed by atoms with Gasteiger partial charge in [-0.15, -0.1) is 22.8 Å². The molecule has 0 bridgehead atoms. The van der Waals surface area contributed by atoms with Crippen LogP contribution in [0.5, 0.6) is 0 Å². The average molecular weight is 604 g/mol. The summed E-state index contributed by atoms with van der Waals surface area (Å²) in [4.78, 5) is 23.4. The first kappa shape index (κ1) is 38.0. The zero-order valence-corrected chi connectivity index (χ0v) is 28.2. The van der Waals surface area contributed by atoms with Crippen molar-refractivity contribution in [2.75, 3.05) is 24.7 Å². The summed E-state index contributed by atoms with van der Waals surface area (Å²) in [6.07, 6.45) is 13.4. The van der Waals surface area contributed by atoms with Crippen LogP contribution >= 0.6 is 34.2 Å². The SMILES string of the molecule is CCCCCCOP([O-])(=S)SCCCC.CCCCCCOP([O-])(=S)SCCCC.[Zn+2]. The fraction of sp³-hybridized carbons (Fsp3) is 1.00. The monoisotopic (exact) mass is 602 g/mol. The topological polar surface area (TPSA) is 64.6 Å². The van der Waals surface area contributed by atoms with Crippen LogP contribution in [-0.2, 0) is 52.1 Å². The molecule has 0 aliphatic heterocycles. The molecule has 2 unspecified atom stereocenters. The van der Waals surface area contributed by atoms with Crippen LogP contribution < -0.4 is 9.79 Å². The Morgan fingerprint density at radius 3 is 1.19 bits per heavy atom. The second-order valence-electron chi connectivity index (χ2n) is 7.06. The molecule has 0 rings (SSSR count). The van der Waals surface area contributed by atoms with Crippen LogP contribution in [0.2, 0.25) is 0 Å². The van der Waals surface area contributed by atoms with Gasteiger partial charge in [-0.1, -0.05) is 103 Å². The minimum absolute atomic E-state index is 0. The molecule has 0 aromatic carbocycles. The van der Waals surface area contributed by atoms with Crippen molar-refractivity contribution in [1.82, 2.24) is 0 Å². The maximum Gasteiger partial charge on any atom is 2.00 e. The van der Waals surface area contributed by atoms with E-state index in [0.29, 0.717) is 13.2 Å². The van der Waals surface area contributed by atoms with Crippen molar-refractivity contribution < 1.29 is 38.3 Å². The van der Waals surface area contributed by atoms with Crippen molar-refractivity contribution in [3.8, 4) is 0 Å². The fourth-order valence-corrected chi connectivity index (χ4v) is 9.06. The molecule has 0 saturated heterocycles. The van der Waals surface area contributed by atoms with Crippen molar-refractivity contribution in [3.63, 3.8) is 0 Å². The minimum atomic E-state index is -2.77. The molecule has 0 aromatic heterocycles. The zero-order valence-electron chi connectivity index (χ0n) is 20.2. The molecule has 0 aliphatic rings. The molecule has 0 N–H and O–H groups in total. The summed E-state index contributed by atoms with van der Waals surface area (Å²) in [5.74, 6) is 1.71. The zero-order chi connectivity index (χ0) is 23.1. The Labute approximate surface area is 224 Å². The van der Waals surface area contributed by atoms with Crippen molar-refractivity contribution >= 4 is 57.8 Å². The van der Waals surface area contributed by atoms with Crippen molar-refractivity contribution in [3.05, 3.63) is 0 Å². The van der Waals surface area contributed by atoms with Crippen LogP contribution in [0.25, 0.3) is 0 Å². The summed E-state index contributed by atoms with van der Waals surface area (Å²) in [5.41, 5.74) is -5.54. The Kier molecular flexibility index (Phi) is 33.2. The molecule has 31 heavy (non-hydrogen) atoms. The number of hydrogen-bond acceptors (Lipinski definition) is 8. The standard InChI is InChI=1S/2C10H23O2PS2.Zn/c2*1-3-5-7-8-9-12-13(11,14)15-10-6-4-2;/h2*3-10H2,1-2H3,(H,11,14);/q;;+2/p-2. The van der Waals surface area contributed by atoms with Gasteiger partial charge in [0.15, 0.2) is 0 Å². The van der Waals surface area contributed by atoms with E-state index < -0.39 is 11.4 Å². The minimum Gasteiger partial charge on any atom is -0.793 e. The summed E-state index contributed by atoms with van der Waals surface area (Å²) in [5, 5.41) is 0. The molecule has 11 heteroatoms. The smallest absolute Gasteiger partial charge is 0.793 e. The van der Waals surface area contributed by atoms with E-state index in [1.54, 1.807) is 0 Å². The third kappa shape index (κ3) is 32.5. The van der Waals surface area contributed by atoms with Gasteiger partial charge in [0.2, 0.25) is 0 Å². The van der Waals surface area contributed by atoms with E-state index in [2.05, 4.69) is 27.7 Å². The number of hydrogen-bond donors (Lipinski definition) is 0. The molecule has 4 nitrogen and oxygen atoms in total. The van der Waals surface area contributed by atoms with Crippen LogP contribution in [0.3, 0.4) is 0 Å². The van der Waals surface area contributed by atoms with Crippen molar-refractivity contribution in [2.45, 2.75) is 105 Å². The van der Waals surface area contributed by atoms with Gasteiger partial charge in [-0.3, -0.25) is 0 Å². The summed E-state index contributed by atoms with van der Waals surface area (Å²) >= 11 is 12.5. The maximum absolute atomic E-state index is 11.7. The predicted molar refractivity (Wildman–Crippen MR) is 143 cm³/mol. The first-order chi connectivity index (χ1) is 14.2. The van der Waals surface area contributed by atoms with Crippen molar-refractivity contribution in [1.29, 1.82) is 0 Å². The van der Waals surface area contributed by atoms with E-state index in [9.17, 15) is 9.79 Å². The second-order valence-corrected chi connectivity index (χ2v) is 19.4. The van der Waals surface area contributed by atoms with E-state index in [0.717, 1.165) is 62.9 Å². The quantitative estimate of drug-likeness (QED) is 0.0810. The molecule has 0 radical (unpaired) electrons. The number of rotatable bonds is 20. The van der Waals surface area contributed by atoms with E-state index in [1.807, 2.05) is 0 Å². The average Bonchev–Trinajstić information content (AvgIpc) is 2.68. The van der Waals surface area contributed by atoms with Crippen LogP contribution in [0.15, 0.2) is 0 Å². The Hall–Kier alpha value is 2.46. The van der Waals surface area contributed by atoms with Crippen LogP contribution in [0.1, 0.15) is 105 Å². The molecule has 0 heterocycles. The Morgan fingerprint density at radius 2 is 0.903 bits per heavy atom. The molecule has 0 fully saturated rings. The van der Waals surface area contributed by atoms with Gasteiger partial charge in [-0.25, -0.2) is 0 Å². The van der Waals surface area contributed by atoms with E-state index >= 15 is 0 Å². The van der Waals surface area contributed by atoms with Crippen molar-refractivity contribution in [2.24, 2.45) is 0 Å². The van der Waals surface area contributed by atoms with E-state index in [1.165, 1.54) is 48.4 Å². The van der Waals surface area contributed by atoms with Gasteiger partial charge in [0.1, 0.15) is 0 Å². The summed E-state index contributed by atoms with van der Waals surface area (Å²) < 4.78 is 10.5. The number of unbranched alkanes of at least 4 members (excludes halogenated alkanes) is 8. The Morgan fingerprint density at radius 1 is 0.581 bits per heavy atom. The van der Waals surface area contributed by atoms with Crippen LogP contribution in [0.4, 0.5) is 0 Å². The first-order valence-corrected chi connectivity index (χ1v) is 19.9. The predicted octanol–water partition coefficient (Wildman–Crippen LogP) is 7.40. The van der Waals surface area contributed by atoms with Crippen LogP contribution in [-0.4, -0.2) is 24.7 Å². The molecule has 0 saturated carbocycles. The molecule has 0 amide bonds. The van der Waals surface area contributed by atoms with Crippen LogP contribution in [0, 0.1) is 0 Å². The van der Waals surface area contributed by atoms with Gasteiger partial charge in [-0.2, -0.15) is 0 Å². The third-order valence-corrected chi connectivity index (χ3v) is 12.7. The molecular formula is C20H44O4P2S4Zn. The van der Waals surface area contributed by atoms with Gasteiger partial charge in [0, 0.05) is 11.4 Å². The molecule has 0 spiro atoms. The normalized spacial score (nSPS) is 14.6. The molecule has 184 valence electrons. The summed E-state index contributed by atoms with van der Waals surface area (Å²) in [6.45, 7) is 9.67. The van der Waals surface area contributed by atoms with Gasteiger partial charge in [-0.05, 0) is 37.2 Å². The maximum atomic E-state index is 11.7. The molecule has 0 aliphatic carbocycles. The van der Waals surface area contributed by atoms with E-state index in [-0.39, 0.29) is 19.5 Å². The molecule has 2 atom stereocenters. The summed E-state index contributed by atoms with van der Waals surface area (Å²) in [6, 6.07) is 0. The Balaban J connectivity index is -0.000000490. The van der Waals surface area contributed by atoms with Gasteiger partial charge >= 0.3 is 19.5 Å². The van der Waals surface area contributed by atoms with Gasteiger partial charge in [0.25, 0.3) is 0 Å². The Bertz CT molecular complexity index is 423.